The van der Waals surface area contributed by atoms with Gasteiger partial charge in [-0.15, -0.1) is 0 Å². The summed E-state index contributed by atoms with van der Waals surface area (Å²) in [5.41, 5.74) is 0. The molecule has 19 heavy (non-hydrogen) atoms. The van der Waals surface area contributed by atoms with Crippen LogP contribution in [0, 0.1) is 17.8 Å². The van der Waals surface area contributed by atoms with E-state index in [2.05, 4.69) is 5.32 Å². The first kappa shape index (κ1) is 14.4. The molecule has 2 atom stereocenters. The van der Waals surface area contributed by atoms with Crippen molar-refractivity contribution < 1.29 is 14.7 Å². The average molecular weight is 267 g/mol. The van der Waals surface area contributed by atoms with Gasteiger partial charge in [0, 0.05) is 12.5 Å². The second kappa shape index (κ2) is 6.92. The van der Waals surface area contributed by atoms with Gasteiger partial charge in [-0.2, -0.15) is 0 Å². The zero-order valence-electron chi connectivity index (χ0n) is 11.6. The number of nitrogens with one attached hydrogen (secondary N) is 1. The molecule has 2 fully saturated rings. The first-order chi connectivity index (χ1) is 9.18. The van der Waals surface area contributed by atoms with Crippen molar-refractivity contribution in [2.24, 2.45) is 17.8 Å². The lowest BCUT2D eigenvalue weighted by atomic mass is 9.79. The molecule has 0 aliphatic heterocycles. The zero-order chi connectivity index (χ0) is 13.7. The molecular formula is C15H25NO3. The molecular weight excluding hydrogens is 242 g/mol. The Hall–Kier alpha value is -1.06. The molecule has 4 heteroatoms. The van der Waals surface area contributed by atoms with Crippen LogP contribution in [0.5, 0.6) is 0 Å². The molecule has 2 N–H and O–H groups in total. The lowest BCUT2D eigenvalue weighted by Crippen LogP contribution is -2.39. The maximum atomic E-state index is 12.1. The zero-order valence-corrected chi connectivity index (χ0v) is 11.6. The Labute approximate surface area is 115 Å². The van der Waals surface area contributed by atoms with Crippen LogP contribution in [0.4, 0.5) is 0 Å². The third kappa shape index (κ3) is 3.95. The Balaban J connectivity index is 1.79. The molecule has 4 nitrogen and oxygen atoms in total. The van der Waals surface area contributed by atoms with Gasteiger partial charge < -0.3 is 10.4 Å². The Bertz CT molecular complexity index is 323. The minimum absolute atomic E-state index is 0.124. The van der Waals surface area contributed by atoms with E-state index in [1.165, 1.54) is 6.42 Å². The van der Waals surface area contributed by atoms with Crippen LogP contribution in [0.25, 0.3) is 0 Å². The highest BCUT2D eigenvalue weighted by atomic mass is 16.4. The minimum Gasteiger partial charge on any atom is -0.481 e. The van der Waals surface area contributed by atoms with Gasteiger partial charge in [0.2, 0.25) is 5.91 Å². The van der Waals surface area contributed by atoms with Crippen LogP contribution in [0.1, 0.15) is 57.8 Å². The third-order valence-corrected chi connectivity index (χ3v) is 4.74. The Kier molecular flexibility index (Phi) is 5.23. The van der Waals surface area contributed by atoms with E-state index in [0.717, 1.165) is 51.4 Å². The third-order valence-electron chi connectivity index (χ3n) is 4.74. The standard InChI is InChI=1S/C15H25NO3/c17-14(11-6-2-1-3-7-11)16-10-12-8-4-5-9-13(12)15(18)19/h11-13H,1-10H2,(H,16,17)(H,18,19)/t12-,13-/m0/s1. The van der Waals surface area contributed by atoms with Gasteiger partial charge in [0.05, 0.1) is 5.92 Å². The van der Waals surface area contributed by atoms with Crippen molar-refractivity contribution in [3.8, 4) is 0 Å². The highest BCUT2D eigenvalue weighted by Crippen LogP contribution is 2.30. The van der Waals surface area contributed by atoms with Gasteiger partial charge in [0.1, 0.15) is 0 Å². The van der Waals surface area contributed by atoms with E-state index in [1.807, 2.05) is 0 Å². The molecule has 0 spiro atoms. The predicted molar refractivity (Wildman–Crippen MR) is 72.7 cm³/mol. The number of amides is 1. The molecule has 0 unspecified atom stereocenters. The number of hydrogen-bond acceptors (Lipinski definition) is 2. The quantitative estimate of drug-likeness (QED) is 0.822. The molecule has 0 aromatic rings. The molecule has 0 bridgehead atoms. The van der Waals surface area contributed by atoms with E-state index in [1.54, 1.807) is 0 Å². The van der Waals surface area contributed by atoms with Crippen LogP contribution < -0.4 is 5.32 Å². The lowest BCUT2D eigenvalue weighted by molar-refractivity contribution is -0.145. The van der Waals surface area contributed by atoms with E-state index in [9.17, 15) is 14.7 Å². The summed E-state index contributed by atoms with van der Waals surface area (Å²) in [4.78, 5) is 23.3. The molecule has 0 aromatic carbocycles. The van der Waals surface area contributed by atoms with Gasteiger partial charge in [-0.05, 0) is 31.6 Å². The summed E-state index contributed by atoms with van der Waals surface area (Å²) in [5, 5.41) is 12.2. The average Bonchev–Trinajstić information content (AvgIpc) is 2.46. The van der Waals surface area contributed by atoms with Crippen molar-refractivity contribution in [1.29, 1.82) is 0 Å². The number of carboxylic acid groups (broad SMARTS) is 1. The summed E-state index contributed by atoms with van der Waals surface area (Å²) in [6, 6.07) is 0. The van der Waals surface area contributed by atoms with Crippen molar-refractivity contribution in [3.05, 3.63) is 0 Å². The monoisotopic (exact) mass is 267 g/mol. The smallest absolute Gasteiger partial charge is 0.306 e. The number of carbonyl (C=O) groups is 2. The largest absolute Gasteiger partial charge is 0.481 e. The Morgan fingerprint density at radius 2 is 1.58 bits per heavy atom. The fourth-order valence-corrected chi connectivity index (χ4v) is 3.52. The van der Waals surface area contributed by atoms with E-state index >= 15 is 0 Å². The Morgan fingerprint density at radius 3 is 2.26 bits per heavy atom. The minimum atomic E-state index is -0.698. The van der Waals surface area contributed by atoms with Gasteiger partial charge in [0.15, 0.2) is 0 Å². The van der Waals surface area contributed by atoms with Crippen molar-refractivity contribution in [2.75, 3.05) is 6.54 Å². The summed E-state index contributed by atoms with van der Waals surface area (Å²) in [6.45, 7) is 0.548. The van der Waals surface area contributed by atoms with Crippen molar-refractivity contribution in [2.45, 2.75) is 57.8 Å². The number of rotatable bonds is 4. The van der Waals surface area contributed by atoms with Crippen LogP contribution in [0.15, 0.2) is 0 Å². The first-order valence-corrected chi connectivity index (χ1v) is 7.69. The van der Waals surface area contributed by atoms with Crippen LogP contribution in [0.2, 0.25) is 0 Å². The second-order valence-corrected chi connectivity index (χ2v) is 6.07. The topological polar surface area (TPSA) is 66.4 Å². The Morgan fingerprint density at radius 1 is 0.947 bits per heavy atom. The van der Waals surface area contributed by atoms with Gasteiger partial charge >= 0.3 is 5.97 Å². The highest BCUT2D eigenvalue weighted by molar-refractivity contribution is 5.78. The van der Waals surface area contributed by atoms with E-state index in [-0.39, 0.29) is 23.7 Å². The number of carbonyl (C=O) groups excluding carboxylic acids is 1. The van der Waals surface area contributed by atoms with E-state index < -0.39 is 5.97 Å². The summed E-state index contributed by atoms with van der Waals surface area (Å²) in [7, 11) is 0. The SMILES string of the molecule is O=C(NC[C@@H]1CCCC[C@@H]1C(=O)O)C1CCCCC1. The molecule has 0 saturated heterocycles. The van der Waals surface area contributed by atoms with Gasteiger partial charge in [-0.1, -0.05) is 32.1 Å². The lowest BCUT2D eigenvalue weighted by Gasteiger charge is -2.29. The van der Waals surface area contributed by atoms with Crippen LogP contribution in [-0.2, 0) is 9.59 Å². The van der Waals surface area contributed by atoms with Crippen LogP contribution in [0.3, 0.4) is 0 Å². The number of carboxylic acids is 1. The number of aliphatic carboxylic acids is 1. The molecule has 2 saturated carbocycles. The molecule has 2 aliphatic carbocycles. The predicted octanol–water partition coefficient (Wildman–Crippen LogP) is 2.57. The highest BCUT2D eigenvalue weighted by Gasteiger charge is 2.31. The fourth-order valence-electron chi connectivity index (χ4n) is 3.52. The molecule has 0 heterocycles. The van der Waals surface area contributed by atoms with Gasteiger partial charge in [-0.3, -0.25) is 9.59 Å². The first-order valence-electron chi connectivity index (χ1n) is 7.69. The maximum absolute atomic E-state index is 12.1. The van der Waals surface area contributed by atoms with Gasteiger partial charge in [0.25, 0.3) is 0 Å². The van der Waals surface area contributed by atoms with Crippen molar-refractivity contribution >= 4 is 11.9 Å². The summed E-state index contributed by atoms with van der Waals surface area (Å²) < 4.78 is 0. The molecule has 108 valence electrons. The molecule has 0 aromatic heterocycles. The summed E-state index contributed by atoms with van der Waals surface area (Å²) in [6.07, 6.45) is 9.34. The summed E-state index contributed by atoms with van der Waals surface area (Å²) >= 11 is 0. The van der Waals surface area contributed by atoms with Crippen molar-refractivity contribution in [3.63, 3.8) is 0 Å². The molecule has 0 radical (unpaired) electrons. The van der Waals surface area contributed by atoms with E-state index in [4.69, 9.17) is 0 Å². The van der Waals surface area contributed by atoms with Crippen molar-refractivity contribution in [1.82, 2.24) is 5.32 Å². The fraction of sp³-hybridized carbons (Fsp3) is 0.867. The maximum Gasteiger partial charge on any atom is 0.306 e. The normalized spacial score (nSPS) is 28.8. The van der Waals surface area contributed by atoms with Crippen LogP contribution >= 0.6 is 0 Å². The van der Waals surface area contributed by atoms with Crippen LogP contribution in [-0.4, -0.2) is 23.5 Å². The second-order valence-electron chi connectivity index (χ2n) is 6.07. The van der Waals surface area contributed by atoms with E-state index in [0.29, 0.717) is 6.54 Å². The molecule has 2 rings (SSSR count). The summed E-state index contributed by atoms with van der Waals surface area (Å²) in [5.74, 6) is -0.522. The molecule has 2 aliphatic rings. The van der Waals surface area contributed by atoms with Gasteiger partial charge in [-0.25, -0.2) is 0 Å². The number of hydrogen-bond donors (Lipinski definition) is 2. The molecule has 1 amide bonds.